The van der Waals surface area contributed by atoms with Gasteiger partial charge in [0.15, 0.2) is 5.75 Å². The highest BCUT2D eigenvalue weighted by Gasteiger charge is 2.34. The van der Waals surface area contributed by atoms with Crippen molar-refractivity contribution < 1.29 is 22.5 Å². The Balaban J connectivity index is 1.45. The summed E-state index contributed by atoms with van der Waals surface area (Å²) in [6.45, 7) is 4.63. The number of aromatic nitrogens is 3. The Morgan fingerprint density at radius 3 is 2.46 bits per heavy atom. The second-order valence-electron chi connectivity index (χ2n) is 10.7. The smallest absolute Gasteiger partial charge is 0.403 e. The fourth-order valence-electron chi connectivity index (χ4n) is 5.08. The minimum atomic E-state index is -4.85. The van der Waals surface area contributed by atoms with Crippen molar-refractivity contribution in [1.82, 2.24) is 19.9 Å². The molecule has 9 nitrogen and oxygen atoms in total. The van der Waals surface area contributed by atoms with Crippen LogP contribution in [0.5, 0.6) is 5.75 Å². The lowest BCUT2D eigenvalue weighted by molar-refractivity contribution is -0.274. The molecule has 0 spiro atoms. The number of nitrogens with one attached hydrogen (secondary N) is 3. The van der Waals surface area contributed by atoms with E-state index in [2.05, 4.69) is 35.2 Å². The Kier molecular flexibility index (Phi) is 7.89. The second-order valence-corrected chi connectivity index (χ2v) is 13.8. The van der Waals surface area contributed by atoms with Gasteiger partial charge in [0, 0.05) is 42.4 Å². The predicted molar refractivity (Wildman–Crippen MR) is 158 cm³/mol. The van der Waals surface area contributed by atoms with E-state index in [0.717, 1.165) is 12.8 Å². The second kappa shape index (κ2) is 11.3. The largest absolute Gasteiger partial charge is 0.573 e. The number of hydrogen-bond donors (Lipinski definition) is 3. The summed E-state index contributed by atoms with van der Waals surface area (Å²) in [7, 11) is 1.43. The summed E-state index contributed by atoms with van der Waals surface area (Å²) in [5.41, 5.74) is 1.88. The zero-order valence-electron chi connectivity index (χ0n) is 23.3. The molecule has 0 unspecified atom stereocenters. The SMILES string of the molecule is CN(C)C1CCN(c2ccc(Nc3nc(Nc4ccccc4P(C)(C)=O)c4cc[nH]c4n3)cc2OC(F)(F)F)CC1. The molecule has 1 fully saturated rings. The first-order valence-electron chi connectivity index (χ1n) is 13.2. The first-order chi connectivity index (χ1) is 19.4. The molecule has 0 amide bonds. The van der Waals surface area contributed by atoms with Crippen LogP contribution >= 0.6 is 7.14 Å². The van der Waals surface area contributed by atoms with Gasteiger partial charge in [-0.3, -0.25) is 0 Å². The highest BCUT2D eigenvalue weighted by Crippen LogP contribution is 2.40. The number of aromatic amines is 1. The van der Waals surface area contributed by atoms with E-state index >= 15 is 0 Å². The number of halogens is 3. The number of piperidine rings is 1. The zero-order chi connectivity index (χ0) is 29.4. The van der Waals surface area contributed by atoms with Crippen molar-refractivity contribution in [3.05, 3.63) is 54.7 Å². The Bertz CT molecular complexity index is 1580. The number of para-hydroxylation sites is 1. The standard InChI is InChI=1S/C28H33F3N7O2P/c1-37(2)19-12-15-38(16-13-19)22-10-9-18(17-23(22)40-28(29,30)31)33-27-35-25-20(11-14-32-25)26(36-27)34-21-7-5-6-8-24(21)41(3,4)39/h5-11,14,17,19H,12-13,15-16H2,1-4H3,(H3,32,33,34,35,36). The maximum Gasteiger partial charge on any atom is 0.573 e. The molecule has 2 aromatic heterocycles. The third-order valence-electron chi connectivity index (χ3n) is 7.13. The van der Waals surface area contributed by atoms with Gasteiger partial charge in [-0.15, -0.1) is 13.2 Å². The summed E-state index contributed by atoms with van der Waals surface area (Å²) in [6.07, 6.45) is -1.45. The van der Waals surface area contributed by atoms with Gasteiger partial charge in [-0.25, -0.2) is 0 Å². The quantitative estimate of drug-likeness (QED) is 0.212. The molecular weight excluding hydrogens is 554 g/mol. The van der Waals surface area contributed by atoms with E-state index in [9.17, 15) is 17.7 Å². The molecular formula is C28H33F3N7O2P. The number of alkyl halides is 3. The van der Waals surface area contributed by atoms with Gasteiger partial charge in [0.05, 0.1) is 16.8 Å². The molecule has 1 aliphatic heterocycles. The molecule has 41 heavy (non-hydrogen) atoms. The minimum absolute atomic E-state index is 0.161. The molecule has 0 atom stereocenters. The summed E-state index contributed by atoms with van der Waals surface area (Å²) < 4.78 is 57.6. The van der Waals surface area contributed by atoms with Crippen molar-refractivity contribution in [1.29, 1.82) is 0 Å². The van der Waals surface area contributed by atoms with Gasteiger partial charge in [-0.05, 0) is 70.6 Å². The molecule has 1 aliphatic rings. The van der Waals surface area contributed by atoms with E-state index in [-0.39, 0.29) is 11.7 Å². The van der Waals surface area contributed by atoms with Gasteiger partial charge in [0.1, 0.15) is 18.6 Å². The van der Waals surface area contributed by atoms with Crippen molar-refractivity contribution in [2.24, 2.45) is 0 Å². The highest BCUT2D eigenvalue weighted by molar-refractivity contribution is 7.70. The molecule has 0 saturated carbocycles. The number of hydrogen-bond acceptors (Lipinski definition) is 8. The van der Waals surface area contributed by atoms with Crippen LogP contribution in [0.3, 0.4) is 0 Å². The van der Waals surface area contributed by atoms with Gasteiger partial charge in [0.25, 0.3) is 0 Å². The number of fused-ring (bicyclic) bond motifs is 1. The average Bonchev–Trinajstić information content (AvgIpc) is 3.37. The lowest BCUT2D eigenvalue weighted by Gasteiger charge is -2.37. The molecule has 3 N–H and O–H groups in total. The van der Waals surface area contributed by atoms with E-state index in [1.54, 1.807) is 31.7 Å². The first kappa shape index (κ1) is 28.8. The normalized spacial score (nSPS) is 15.0. The van der Waals surface area contributed by atoms with Gasteiger partial charge in [-0.1, -0.05) is 12.1 Å². The zero-order valence-corrected chi connectivity index (χ0v) is 24.2. The van der Waals surface area contributed by atoms with Crippen LogP contribution in [0.4, 0.5) is 42.0 Å². The third-order valence-corrected chi connectivity index (χ3v) is 8.68. The van der Waals surface area contributed by atoms with E-state index in [1.807, 2.05) is 49.3 Å². The molecule has 0 aliphatic carbocycles. The van der Waals surface area contributed by atoms with Crippen LogP contribution in [0.2, 0.25) is 0 Å². The first-order valence-corrected chi connectivity index (χ1v) is 15.8. The van der Waals surface area contributed by atoms with Crippen molar-refractivity contribution >= 4 is 52.3 Å². The van der Waals surface area contributed by atoms with Crippen LogP contribution < -0.4 is 25.6 Å². The summed E-state index contributed by atoms with van der Waals surface area (Å²) in [4.78, 5) is 16.2. The Morgan fingerprint density at radius 1 is 1.05 bits per heavy atom. The lowest BCUT2D eigenvalue weighted by atomic mass is 10.0. The Morgan fingerprint density at radius 2 is 1.78 bits per heavy atom. The van der Waals surface area contributed by atoms with Crippen molar-refractivity contribution in [2.75, 3.05) is 56.0 Å². The number of H-pyrrole nitrogens is 1. The van der Waals surface area contributed by atoms with Crippen LogP contribution in [0.1, 0.15) is 12.8 Å². The summed E-state index contributed by atoms with van der Waals surface area (Å²) in [6, 6.07) is 14.1. The number of nitrogens with zero attached hydrogens (tertiary/aromatic N) is 4. The number of rotatable bonds is 8. The summed E-state index contributed by atoms with van der Waals surface area (Å²) >= 11 is 0. The Labute approximate surface area is 236 Å². The number of benzene rings is 2. The van der Waals surface area contributed by atoms with Crippen LogP contribution in [0.25, 0.3) is 11.0 Å². The average molecular weight is 588 g/mol. The molecule has 1 saturated heterocycles. The number of ether oxygens (including phenoxy) is 1. The molecule has 4 aromatic rings. The van der Waals surface area contributed by atoms with E-state index in [4.69, 9.17) is 0 Å². The van der Waals surface area contributed by atoms with Gasteiger partial charge < -0.3 is 34.7 Å². The topological polar surface area (TPSA) is 98.4 Å². The van der Waals surface area contributed by atoms with E-state index in [0.29, 0.717) is 58.3 Å². The Hall–Kier alpha value is -3.76. The maximum atomic E-state index is 13.4. The van der Waals surface area contributed by atoms with Crippen molar-refractivity contribution in [3.63, 3.8) is 0 Å². The molecule has 2 aromatic carbocycles. The summed E-state index contributed by atoms with van der Waals surface area (Å²) in [5.74, 6) is 0.320. The fraction of sp³-hybridized carbons (Fsp3) is 0.357. The molecule has 0 radical (unpaired) electrons. The highest BCUT2D eigenvalue weighted by atomic mass is 31.2. The lowest BCUT2D eigenvalue weighted by Crippen LogP contribution is -2.42. The third kappa shape index (κ3) is 6.77. The molecule has 218 valence electrons. The van der Waals surface area contributed by atoms with Crippen molar-refractivity contribution in [3.8, 4) is 5.75 Å². The monoisotopic (exact) mass is 587 g/mol. The maximum absolute atomic E-state index is 13.4. The van der Waals surface area contributed by atoms with E-state index < -0.39 is 13.5 Å². The molecule has 0 bridgehead atoms. The van der Waals surface area contributed by atoms with Gasteiger partial charge in [0.2, 0.25) is 5.95 Å². The molecule has 5 rings (SSSR count). The van der Waals surface area contributed by atoms with Crippen LogP contribution in [0.15, 0.2) is 54.7 Å². The molecule has 13 heteroatoms. The van der Waals surface area contributed by atoms with Gasteiger partial charge >= 0.3 is 6.36 Å². The minimum Gasteiger partial charge on any atom is -0.403 e. The predicted octanol–water partition coefficient (Wildman–Crippen LogP) is 6.12. The van der Waals surface area contributed by atoms with Crippen molar-refractivity contribution in [2.45, 2.75) is 25.2 Å². The van der Waals surface area contributed by atoms with E-state index in [1.165, 1.54) is 6.07 Å². The van der Waals surface area contributed by atoms with Crippen LogP contribution in [-0.2, 0) is 4.57 Å². The fourth-order valence-corrected chi connectivity index (χ4v) is 6.24. The van der Waals surface area contributed by atoms with Crippen LogP contribution in [0, 0.1) is 0 Å². The summed E-state index contributed by atoms with van der Waals surface area (Å²) in [5, 5.41) is 7.67. The van der Waals surface area contributed by atoms with Crippen LogP contribution in [-0.4, -0.2) is 72.8 Å². The van der Waals surface area contributed by atoms with Gasteiger partial charge in [-0.2, -0.15) is 9.97 Å². The molecule has 3 heterocycles. The number of anilines is 5.